The Hall–Kier alpha value is -1.98. The maximum atomic E-state index is 13.9. The number of ether oxygens (including phenoxy) is 3. The average Bonchev–Trinajstić information content (AvgIpc) is 3.68. The SMILES string of the molecule is CCOP(=O)(OCC)C(COC)(CC(=O)NO)OC[C@H]1O[C@@H](n2ncc3c(NC4CCCC4)nc(Cl)nc32)[C@H](O)[C@@H]1O. The van der Waals surface area contributed by atoms with Gasteiger partial charge in [0.2, 0.25) is 16.5 Å². The van der Waals surface area contributed by atoms with Gasteiger partial charge in [-0.05, 0) is 38.3 Å². The number of methoxy groups -OCH3 is 1. The summed E-state index contributed by atoms with van der Waals surface area (Å²) in [6.45, 7) is 2.14. The summed E-state index contributed by atoms with van der Waals surface area (Å²) in [5, 5.41) is 37.3. The molecule has 2 fully saturated rings. The lowest BCUT2D eigenvalue weighted by atomic mass is 10.1. The zero-order chi connectivity index (χ0) is 30.5. The van der Waals surface area contributed by atoms with Crippen molar-refractivity contribution in [2.24, 2.45) is 0 Å². The number of hydroxylamine groups is 1. The summed E-state index contributed by atoms with van der Waals surface area (Å²) in [5.41, 5.74) is 1.76. The predicted molar refractivity (Wildman–Crippen MR) is 148 cm³/mol. The van der Waals surface area contributed by atoms with Gasteiger partial charge < -0.3 is 38.8 Å². The summed E-state index contributed by atoms with van der Waals surface area (Å²) in [6.07, 6.45) is -0.307. The molecule has 3 heterocycles. The summed E-state index contributed by atoms with van der Waals surface area (Å²) in [6, 6.07) is 0.240. The van der Waals surface area contributed by atoms with Crippen LogP contribution in [0.15, 0.2) is 6.20 Å². The van der Waals surface area contributed by atoms with Crippen molar-refractivity contribution >= 4 is 42.0 Å². The highest BCUT2D eigenvalue weighted by atomic mass is 35.5. The molecule has 1 aliphatic carbocycles. The largest absolute Gasteiger partial charge is 0.387 e. The van der Waals surface area contributed by atoms with Crippen molar-refractivity contribution in [2.45, 2.75) is 81.9 Å². The molecule has 16 nitrogen and oxygen atoms in total. The van der Waals surface area contributed by atoms with Gasteiger partial charge >= 0.3 is 7.60 Å². The number of aromatic nitrogens is 4. The molecule has 0 bridgehead atoms. The molecule has 42 heavy (non-hydrogen) atoms. The standard InChI is InChI=1S/C24H38ClN6O10P/c1-4-39-42(36,40-5-2)24(13-37-3,10-17(32)30-35)38-12-16-18(33)19(34)22(41-16)31-21-15(11-26-31)20(28-23(25)29-21)27-14-8-6-7-9-14/h11,14,16,18-19,22,33-35H,4-10,12-13H2,1-3H3,(H,30,32)(H,27,28,29)/t16-,18-,19-,22-,24?/m1/s1. The van der Waals surface area contributed by atoms with Crippen LogP contribution in [0.5, 0.6) is 0 Å². The molecule has 4 rings (SSSR count). The molecule has 2 aromatic heterocycles. The summed E-state index contributed by atoms with van der Waals surface area (Å²) in [7, 11) is -2.94. The second-order valence-electron chi connectivity index (χ2n) is 10.1. The molecule has 1 saturated heterocycles. The zero-order valence-electron chi connectivity index (χ0n) is 23.6. The fourth-order valence-corrected chi connectivity index (χ4v) is 7.54. The van der Waals surface area contributed by atoms with Crippen molar-refractivity contribution < 1.29 is 48.0 Å². The van der Waals surface area contributed by atoms with Crippen LogP contribution in [-0.4, -0.2) is 104 Å². The minimum Gasteiger partial charge on any atom is -0.387 e. The number of fused-ring (bicyclic) bond motifs is 1. The Bertz CT molecular complexity index is 1260. The first-order valence-corrected chi connectivity index (χ1v) is 15.7. The third kappa shape index (κ3) is 6.73. The maximum absolute atomic E-state index is 13.9. The minimum absolute atomic E-state index is 0.0354. The van der Waals surface area contributed by atoms with E-state index in [1.165, 1.54) is 23.5 Å². The van der Waals surface area contributed by atoms with Gasteiger partial charge in [-0.15, -0.1) is 0 Å². The lowest BCUT2D eigenvalue weighted by Crippen LogP contribution is -2.46. The Morgan fingerprint density at radius 3 is 2.52 bits per heavy atom. The third-order valence-corrected chi connectivity index (χ3v) is 10.0. The predicted octanol–water partition coefficient (Wildman–Crippen LogP) is 1.97. The second-order valence-corrected chi connectivity index (χ2v) is 12.7. The number of carbonyl (C=O) groups is 1. The smallest absolute Gasteiger partial charge is 0.365 e. The molecule has 1 unspecified atom stereocenters. The lowest BCUT2D eigenvalue weighted by Gasteiger charge is -2.38. The highest BCUT2D eigenvalue weighted by molar-refractivity contribution is 7.55. The molecule has 18 heteroatoms. The van der Waals surface area contributed by atoms with E-state index in [9.17, 15) is 24.8 Å². The van der Waals surface area contributed by atoms with E-state index in [2.05, 4.69) is 20.4 Å². The Morgan fingerprint density at radius 1 is 1.21 bits per heavy atom. The first kappa shape index (κ1) is 32.9. The molecule has 5 atom stereocenters. The maximum Gasteiger partial charge on any atom is 0.365 e. The quantitative estimate of drug-likeness (QED) is 0.0819. The van der Waals surface area contributed by atoms with Crippen LogP contribution >= 0.6 is 19.2 Å². The Labute approximate surface area is 247 Å². The highest BCUT2D eigenvalue weighted by Gasteiger charge is 2.55. The molecule has 0 aromatic carbocycles. The number of anilines is 1. The van der Waals surface area contributed by atoms with Crippen molar-refractivity contribution in [3.8, 4) is 0 Å². The highest BCUT2D eigenvalue weighted by Crippen LogP contribution is 2.62. The topological polar surface area (TPSA) is 209 Å². The number of nitrogens with one attached hydrogen (secondary N) is 2. The van der Waals surface area contributed by atoms with Gasteiger partial charge in [0.15, 0.2) is 11.9 Å². The summed E-state index contributed by atoms with van der Waals surface area (Å²) in [5.74, 6) is -0.441. The van der Waals surface area contributed by atoms with E-state index in [1.807, 2.05) is 0 Å². The number of halogens is 1. The Morgan fingerprint density at radius 2 is 1.90 bits per heavy atom. The number of rotatable bonds is 15. The number of carbonyl (C=O) groups excluding carboxylic acids is 1. The summed E-state index contributed by atoms with van der Waals surface area (Å²) in [4.78, 5) is 20.9. The molecule has 0 radical (unpaired) electrons. The molecular weight excluding hydrogens is 599 g/mol. The number of nitrogens with zero attached hydrogens (tertiary/aromatic N) is 4. The van der Waals surface area contributed by atoms with Gasteiger partial charge in [-0.25, -0.2) is 10.2 Å². The van der Waals surface area contributed by atoms with Crippen molar-refractivity contribution in [3.05, 3.63) is 11.5 Å². The molecule has 1 amide bonds. The average molecular weight is 637 g/mol. The van der Waals surface area contributed by atoms with E-state index in [-0.39, 0.29) is 30.2 Å². The van der Waals surface area contributed by atoms with Crippen LogP contribution in [0.1, 0.15) is 52.2 Å². The van der Waals surface area contributed by atoms with E-state index in [0.717, 1.165) is 25.7 Å². The van der Waals surface area contributed by atoms with Crippen LogP contribution in [0, 0.1) is 0 Å². The molecular formula is C24H38ClN6O10P. The lowest BCUT2D eigenvalue weighted by molar-refractivity contribution is -0.143. The number of hydrogen-bond acceptors (Lipinski definition) is 14. The van der Waals surface area contributed by atoms with Crippen LogP contribution in [0.25, 0.3) is 11.0 Å². The van der Waals surface area contributed by atoms with E-state index >= 15 is 0 Å². The molecule has 5 N–H and O–H groups in total. The van der Waals surface area contributed by atoms with Crippen LogP contribution in [0.2, 0.25) is 5.28 Å². The molecule has 1 saturated carbocycles. The first-order chi connectivity index (χ1) is 20.1. The summed E-state index contributed by atoms with van der Waals surface area (Å²) < 4.78 is 43.3. The van der Waals surface area contributed by atoms with Crippen LogP contribution in [0.3, 0.4) is 0 Å². The molecule has 0 spiro atoms. The molecule has 1 aliphatic heterocycles. The van der Waals surface area contributed by atoms with E-state index in [1.54, 1.807) is 13.8 Å². The van der Waals surface area contributed by atoms with Gasteiger partial charge in [-0.1, -0.05) is 12.8 Å². The normalized spacial score (nSPS) is 24.7. The number of hydrogen-bond donors (Lipinski definition) is 5. The third-order valence-electron chi connectivity index (χ3n) is 7.25. The van der Waals surface area contributed by atoms with E-state index in [0.29, 0.717) is 11.2 Å². The van der Waals surface area contributed by atoms with E-state index < -0.39 is 63.0 Å². The van der Waals surface area contributed by atoms with Gasteiger partial charge in [0.1, 0.15) is 24.1 Å². The van der Waals surface area contributed by atoms with E-state index in [4.69, 9.17) is 34.9 Å². The van der Waals surface area contributed by atoms with Gasteiger partial charge in [-0.2, -0.15) is 15.1 Å². The number of aliphatic hydroxyl groups excluding tert-OH is 2. The van der Waals surface area contributed by atoms with Crippen LogP contribution in [0.4, 0.5) is 5.82 Å². The van der Waals surface area contributed by atoms with Crippen molar-refractivity contribution in [1.82, 2.24) is 25.2 Å². The number of aliphatic hydroxyl groups is 2. The summed E-state index contributed by atoms with van der Waals surface area (Å²) >= 11 is 6.23. The van der Waals surface area contributed by atoms with Gasteiger partial charge in [0.05, 0.1) is 44.4 Å². The zero-order valence-corrected chi connectivity index (χ0v) is 25.3. The first-order valence-electron chi connectivity index (χ1n) is 13.8. The minimum atomic E-state index is -4.23. The van der Waals surface area contributed by atoms with Crippen LogP contribution in [-0.2, 0) is 32.6 Å². The van der Waals surface area contributed by atoms with Gasteiger partial charge in [0.25, 0.3) is 0 Å². The van der Waals surface area contributed by atoms with Crippen LogP contribution < -0.4 is 10.8 Å². The second kappa shape index (κ2) is 14.2. The fraction of sp³-hybridized carbons (Fsp3) is 0.750. The van der Waals surface area contributed by atoms with Gasteiger partial charge in [-0.3, -0.25) is 14.6 Å². The monoisotopic (exact) mass is 636 g/mol. The number of amides is 1. The Balaban J connectivity index is 1.60. The van der Waals surface area contributed by atoms with Gasteiger partial charge in [0, 0.05) is 13.2 Å². The molecule has 2 aromatic rings. The van der Waals surface area contributed by atoms with Crippen molar-refractivity contribution in [3.63, 3.8) is 0 Å². The molecule has 2 aliphatic rings. The molecule has 236 valence electrons. The Kier molecular flexibility index (Phi) is 11.1. The van der Waals surface area contributed by atoms with Crippen molar-refractivity contribution in [1.29, 1.82) is 0 Å². The van der Waals surface area contributed by atoms with Crippen molar-refractivity contribution in [2.75, 3.05) is 38.9 Å². The fourth-order valence-electron chi connectivity index (χ4n) is 5.29.